The van der Waals surface area contributed by atoms with Gasteiger partial charge in [0.05, 0.1) is 11.1 Å². The number of likely N-dealkylation sites (tertiary alicyclic amines) is 1. The highest BCUT2D eigenvalue weighted by molar-refractivity contribution is 5.87. The SMILES string of the molecule is C=CC(=O)N1CCC(N[C@H]2CCc3cc(-n4c(-c5cccnc5N)nc5cc(C(F)(F)F)cnc54)ccc32)CC1. The van der Waals surface area contributed by atoms with E-state index >= 15 is 0 Å². The fourth-order valence-corrected chi connectivity index (χ4v) is 5.75. The number of hydrogen-bond donors (Lipinski definition) is 2. The van der Waals surface area contributed by atoms with Gasteiger partial charge in [0.2, 0.25) is 5.91 Å². The summed E-state index contributed by atoms with van der Waals surface area (Å²) in [5.41, 5.74) is 9.32. The van der Waals surface area contributed by atoms with Gasteiger partial charge in [0.15, 0.2) is 11.5 Å². The third kappa shape index (κ3) is 4.70. The number of pyridine rings is 2. The van der Waals surface area contributed by atoms with Crippen molar-refractivity contribution in [1.82, 2.24) is 29.7 Å². The first-order valence-corrected chi connectivity index (χ1v) is 13.2. The van der Waals surface area contributed by atoms with Crippen LogP contribution in [0.15, 0.2) is 61.4 Å². The number of nitrogens with zero attached hydrogens (tertiary/aromatic N) is 5. The maximum atomic E-state index is 13.4. The quantitative estimate of drug-likeness (QED) is 0.347. The Balaban J connectivity index is 1.33. The van der Waals surface area contributed by atoms with Crippen LogP contribution in [0, 0.1) is 0 Å². The Morgan fingerprint density at radius 1 is 1.12 bits per heavy atom. The van der Waals surface area contributed by atoms with Crippen molar-refractivity contribution in [3.8, 4) is 17.1 Å². The molecule has 0 spiro atoms. The zero-order valence-electron chi connectivity index (χ0n) is 21.7. The van der Waals surface area contributed by atoms with E-state index in [0.717, 1.165) is 49.2 Å². The van der Waals surface area contributed by atoms with E-state index in [2.05, 4.69) is 39.0 Å². The molecule has 40 heavy (non-hydrogen) atoms. The average molecular weight is 548 g/mol. The smallest absolute Gasteiger partial charge is 0.383 e. The summed E-state index contributed by atoms with van der Waals surface area (Å²) in [6.45, 7) is 4.99. The highest BCUT2D eigenvalue weighted by Gasteiger charge is 2.33. The van der Waals surface area contributed by atoms with Crippen LogP contribution >= 0.6 is 0 Å². The number of piperidine rings is 1. The van der Waals surface area contributed by atoms with Gasteiger partial charge in [-0.1, -0.05) is 12.6 Å². The molecule has 8 nitrogen and oxygen atoms in total. The number of aromatic nitrogens is 4. The van der Waals surface area contributed by atoms with E-state index in [1.807, 2.05) is 11.0 Å². The molecule has 1 amide bonds. The fraction of sp³-hybridized carbons (Fsp3) is 0.310. The second-order valence-electron chi connectivity index (χ2n) is 10.2. The minimum absolute atomic E-state index is 0.0271. The van der Waals surface area contributed by atoms with Crippen LogP contribution in [0.4, 0.5) is 19.0 Å². The molecular weight excluding hydrogens is 519 g/mol. The molecule has 2 aliphatic rings. The predicted molar refractivity (Wildman–Crippen MR) is 146 cm³/mol. The number of fused-ring (bicyclic) bond motifs is 2. The van der Waals surface area contributed by atoms with Gasteiger partial charge in [-0.25, -0.2) is 15.0 Å². The summed E-state index contributed by atoms with van der Waals surface area (Å²) in [4.78, 5) is 26.6. The molecule has 206 valence electrons. The zero-order valence-corrected chi connectivity index (χ0v) is 21.7. The summed E-state index contributed by atoms with van der Waals surface area (Å²) >= 11 is 0. The van der Waals surface area contributed by atoms with Crippen molar-refractivity contribution in [1.29, 1.82) is 0 Å². The Morgan fingerprint density at radius 3 is 2.65 bits per heavy atom. The molecule has 0 saturated carbocycles. The number of imidazole rings is 1. The number of nitrogen functional groups attached to an aromatic ring is 1. The molecule has 1 aliphatic carbocycles. The monoisotopic (exact) mass is 547 g/mol. The van der Waals surface area contributed by atoms with Crippen molar-refractivity contribution < 1.29 is 18.0 Å². The number of nitrogens with two attached hydrogens (primary N) is 1. The van der Waals surface area contributed by atoms with Gasteiger partial charge in [-0.3, -0.25) is 9.36 Å². The van der Waals surface area contributed by atoms with E-state index < -0.39 is 11.7 Å². The van der Waals surface area contributed by atoms with Crippen LogP contribution in [0.1, 0.15) is 42.0 Å². The van der Waals surface area contributed by atoms with Gasteiger partial charge in [0.25, 0.3) is 0 Å². The van der Waals surface area contributed by atoms with E-state index in [9.17, 15) is 18.0 Å². The average Bonchev–Trinajstić information content (AvgIpc) is 3.53. The molecule has 3 aromatic heterocycles. The van der Waals surface area contributed by atoms with E-state index in [0.29, 0.717) is 36.2 Å². The van der Waals surface area contributed by atoms with E-state index in [4.69, 9.17) is 5.73 Å². The fourth-order valence-electron chi connectivity index (χ4n) is 5.75. The normalized spacial score (nSPS) is 17.8. The summed E-state index contributed by atoms with van der Waals surface area (Å²) in [7, 11) is 0. The van der Waals surface area contributed by atoms with Crippen LogP contribution in [0.2, 0.25) is 0 Å². The van der Waals surface area contributed by atoms with E-state index in [1.165, 1.54) is 11.6 Å². The first-order valence-electron chi connectivity index (χ1n) is 13.2. The van der Waals surface area contributed by atoms with Gasteiger partial charge in [0, 0.05) is 43.3 Å². The molecule has 1 saturated heterocycles. The van der Waals surface area contributed by atoms with Crippen LogP contribution in [0.5, 0.6) is 0 Å². The van der Waals surface area contributed by atoms with Crippen molar-refractivity contribution >= 4 is 22.9 Å². The Kier molecular flexibility index (Phi) is 6.53. The lowest BCUT2D eigenvalue weighted by atomic mass is 10.0. The molecule has 4 aromatic rings. The summed E-state index contributed by atoms with van der Waals surface area (Å²) in [5, 5.41) is 3.77. The zero-order chi connectivity index (χ0) is 28.0. The first-order chi connectivity index (χ1) is 19.2. The van der Waals surface area contributed by atoms with Gasteiger partial charge in [-0.2, -0.15) is 13.2 Å². The van der Waals surface area contributed by atoms with Gasteiger partial charge < -0.3 is 16.0 Å². The number of aryl methyl sites for hydroxylation is 1. The molecule has 1 fully saturated rings. The first kappa shape index (κ1) is 26.0. The second kappa shape index (κ2) is 10.1. The highest BCUT2D eigenvalue weighted by Crippen LogP contribution is 2.37. The van der Waals surface area contributed by atoms with Crippen molar-refractivity contribution in [2.24, 2.45) is 0 Å². The van der Waals surface area contributed by atoms with Gasteiger partial charge >= 0.3 is 6.18 Å². The lowest BCUT2D eigenvalue weighted by Crippen LogP contribution is -2.45. The summed E-state index contributed by atoms with van der Waals surface area (Å²) in [5.74, 6) is 0.572. The number of anilines is 1. The molecule has 1 aliphatic heterocycles. The lowest BCUT2D eigenvalue weighted by Gasteiger charge is -2.33. The lowest BCUT2D eigenvalue weighted by molar-refractivity contribution is -0.137. The van der Waals surface area contributed by atoms with Crippen LogP contribution in [-0.4, -0.2) is 49.5 Å². The Bertz CT molecular complexity index is 1610. The number of amides is 1. The third-order valence-electron chi connectivity index (χ3n) is 7.78. The Hall–Kier alpha value is -4.25. The maximum Gasteiger partial charge on any atom is 0.417 e. The molecule has 0 unspecified atom stereocenters. The predicted octanol–water partition coefficient (Wildman–Crippen LogP) is 4.84. The molecular formula is C29H28F3N7O. The largest absolute Gasteiger partial charge is 0.417 e. The van der Waals surface area contributed by atoms with Gasteiger partial charge in [-0.05, 0) is 73.2 Å². The number of benzene rings is 1. The molecule has 1 atom stereocenters. The second-order valence-corrected chi connectivity index (χ2v) is 10.2. The number of halogens is 3. The van der Waals surface area contributed by atoms with Crippen LogP contribution in [0.3, 0.4) is 0 Å². The molecule has 6 rings (SSSR count). The molecule has 0 bridgehead atoms. The van der Waals surface area contributed by atoms with Crippen LogP contribution in [-0.2, 0) is 17.4 Å². The molecule has 4 heterocycles. The minimum atomic E-state index is -4.54. The molecule has 3 N–H and O–H groups in total. The van der Waals surface area contributed by atoms with Gasteiger partial charge in [-0.15, -0.1) is 0 Å². The Morgan fingerprint density at radius 2 is 1.93 bits per heavy atom. The number of hydrogen-bond acceptors (Lipinski definition) is 6. The highest BCUT2D eigenvalue weighted by atomic mass is 19.4. The number of carbonyl (C=O) groups is 1. The summed E-state index contributed by atoms with van der Waals surface area (Å²) in [6, 6.07) is 11.0. The summed E-state index contributed by atoms with van der Waals surface area (Å²) < 4.78 is 42.0. The van der Waals surface area contributed by atoms with E-state index in [-0.39, 0.29) is 23.3 Å². The number of rotatable bonds is 5. The molecule has 0 radical (unpaired) electrons. The Labute approximate surface area is 228 Å². The summed E-state index contributed by atoms with van der Waals surface area (Å²) in [6.07, 6.45) is 2.76. The molecule has 11 heteroatoms. The number of alkyl halides is 3. The van der Waals surface area contributed by atoms with E-state index in [1.54, 1.807) is 22.9 Å². The standard InChI is InChI=1S/C29H28F3N7O/c1-2-25(40)38-12-9-19(10-13-38)36-23-8-5-17-14-20(6-7-21(17)23)39-27(22-4-3-11-34-26(22)33)37-24-15-18(29(30,31)32)16-35-28(24)39/h2-4,6-7,11,14-16,19,23,36H,1,5,8-10,12-13H2,(H2,33,34)/t23-/m0/s1. The van der Waals surface area contributed by atoms with Crippen molar-refractivity contribution in [3.63, 3.8) is 0 Å². The van der Waals surface area contributed by atoms with Crippen LogP contribution in [0.25, 0.3) is 28.2 Å². The molecule has 1 aromatic carbocycles. The van der Waals surface area contributed by atoms with Crippen LogP contribution < -0.4 is 11.1 Å². The van der Waals surface area contributed by atoms with Crippen molar-refractivity contribution in [2.75, 3.05) is 18.8 Å². The maximum absolute atomic E-state index is 13.4. The third-order valence-corrected chi connectivity index (χ3v) is 7.78. The van der Waals surface area contributed by atoms with Gasteiger partial charge in [0.1, 0.15) is 11.3 Å². The number of carbonyl (C=O) groups excluding carboxylic acids is 1. The minimum Gasteiger partial charge on any atom is -0.383 e. The number of nitrogens with one attached hydrogen (secondary N) is 1. The van der Waals surface area contributed by atoms with Crippen molar-refractivity contribution in [2.45, 2.75) is 43.9 Å². The van der Waals surface area contributed by atoms with Crippen molar-refractivity contribution in [3.05, 3.63) is 78.1 Å². The topological polar surface area (TPSA) is 102 Å².